The van der Waals surface area contributed by atoms with Crippen LogP contribution in [0, 0.1) is 5.92 Å². The van der Waals surface area contributed by atoms with Gasteiger partial charge in [-0.25, -0.2) is 5.01 Å². The van der Waals surface area contributed by atoms with Gasteiger partial charge in [0.05, 0.1) is 11.8 Å². The van der Waals surface area contributed by atoms with E-state index in [0.29, 0.717) is 0 Å². The number of carbonyl (C=O) groups excluding carboxylic acids is 1. The molecule has 4 rings (SSSR count). The summed E-state index contributed by atoms with van der Waals surface area (Å²) in [6.45, 7) is 1.61. The van der Waals surface area contributed by atoms with Gasteiger partial charge in [0.1, 0.15) is 0 Å². The van der Waals surface area contributed by atoms with Crippen LogP contribution in [0.3, 0.4) is 0 Å². The minimum absolute atomic E-state index is 0.00909. The fourth-order valence-electron chi connectivity index (χ4n) is 4.00. The van der Waals surface area contributed by atoms with Gasteiger partial charge in [-0.3, -0.25) is 4.79 Å². The Balaban J connectivity index is 1.74. The number of carbonyl (C=O) groups is 1. The van der Waals surface area contributed by atoms with Crippen molar-refractivity contribution < 1.29 is 4.79 Å². The molecule has 1 saturated carbocycles. The first-order valence-corrected chi connectivity index (χ1v) is 8.93. The van der Waals surface area contributed by atoms with Gasteiger partial charge in [-0.1, -0.05) is 60.7 Å². The monoisotopic (exact) mass is 330 g/mol. The fourth-order valence-corrected chi connectivity index (χ4v) is 4.00. The second-order valence-electron chi connectivity index (χ2n) is 6.78. The highest BCUT2D eigenvalue weighted by molar-refractivity contribution is 6.08. The minimum atomic E-state index is 0.00909. The molecule has 0 bridgehead atoms. The molecular weight excluding hydrogens is 308 g/mol. The van der Waals surface area contributed by atoms with E-state index in [4.69, 9.17) is 5.10 Å². The normalized spacial score (nSPS) is 24.1. The van der Waals surface area contributed by atoms with Crippen LogP contribution < -0.4 is 0 Å². The van der Waals surface area contributed by atoms with Crippen molar-refractivity contribution in [2.75, 3.05) is 0 Å². The van der Waals surface area contributed by atoms with E-state index in [1.807, 2.05) is 24.3 Å². The van der Waals surface area contributed by atoms with Gasteiger partial charge in [0.25, 0.3) is 0 Å². The standard InChI is InChI=1S/C22H22N2O/c1-16(25)24-22(18-11-6-3-7-12-18)20-14-8-13-19(21(20)23-24)15-17-9-4-2-5-10-17/h2-7,9-12,15,20,22H,8,13-14H2,1H3/t20-,22+/m1/s1. The van der Waals surface area contributed by atoms with Gasteiger partial charge in [-0.05, 0) is 42.0 Å². The number of fused-ring (bicyclic) bond motifs is 1. The Bertz CT molecular complexity index is 824. The van der Waals surface area contributed by atoms with Gasteiger partial charge in [0.15, 0.2) is 0 Å². The van der Waals surface area contributed by atoms with Crippen LogP contribution in [0.2, 0.25) is 0 Å². The number of allylic oxidation sites excluding steroid dienone is 1. The Hall–Kier alpha value is -2.68. The molecule has 0 N–H and O–H groups in total. The van der Waals surface area contributed by atoms with E-state index in [1.165, 1.54) is 16.7 Å². The smallest absolute Gasteiger partial charge is 0.240 e. The van der Waals surface area contributed by atoms with Crippen molar-refractivity contribution in [1.29, 1.82) is 0 Å². The van der Waals surface area contributed by atoms with Crippen molar-refractivity contribution in [1.82, 2.24) is 5.01 Å². The first-order valence-electron chi connectivity index (χ1n) is 8.93. The summed E-state index contributed by atoms with van der Waals surface area (Å²) in [5, 5.41) is 6.47. The molecule has 3 nitrogen and oxygen atoms in total. The van der Waals surface area contributed by atoms with Gasteiger partial charge < -0.3 is 0 Å². The third-order valence-corrected chi connectivity index (χ3v) is 5.11. The van der Waals surface area contributed by atoms with Crippen LogP contribution in [-0.2, 0) is 4.79 Å². The topological polar surface area (TPSA) is 32.7 Å². The Morgan fingerprint density at radius 1 is 1.08 bits per heavy atom. The lowest BCUT2D eigenvalue weighted by Crippen LogP contribution is -2.30. The summed E-state index contributed by atoms with van der Waals surface area (Å²) >= 11 is 0. The Kier molecular flexibility index (Phi) is 4.22. The molecule has 0 saturated heterocycles. The molecule has 0 radical (unpaired) electrons. The Morgan fingerprint density at radius 2 is 1.76 bits per heavy atom. The number of amides is 1. The summed E-state index contributed by atoms with van der Waals surface area (Å²) in [4.78, 5) is 12.2. The number of nitrogens with zero attached hydrogens (tertiary/aromatic N) is 2. The molecule has 0 spiro atoms. The van der Waals surface area contributed by atoms with Gasteiger partial charge in [0.2, 0.25) is 5.91 Å². The number of hydrogen-bond donors (Lipinski definition) is 0. The molecular formula is C22H22N2O. The third-order valence-electron chi connectivity index (χ3n) is 5.11. The maximum Gasteiger partial charge on any atom is 0.240 e. The molecule has 1 aliphatic carbocycles. The molecule has 1 amide bonds. The second-order valence-corrected chi connectivity index (χ2v) is 6.78. The van der Waals surface area contributed by atoms with Crippen LogP contribution in [0.4, 0.5) is 0 Å². The van der Waals surface area contributed by atoms with Crippen molar-refractivity contribution in [3.05, 3.63) is 77.4 Å². The van der Waals surface area contributed by atoms with Crippen LogP contribution in [0.1, 0.15) is 43.4 Å². The highest BCUT2D eigenvalue weighted by Gasteiger charge is 2.42. The molecule has 2 aliphatic rings. The molecule has 0 unspecified atom stereocenters. The van der Waals surface area contributed by atoms with Crippen molar-refractivity contribution in [2.24, 2.45) is 11.0 Å². The average Bonchev–Trinajstić information content (AvgIpc) is 3.04. The molecule has 2 aromatic carbocycles. The van der Waals surface area contributed by atoms with E-state index in [2.05, 4.69) is 42.5 Å². The van der Waals surface area contributed by atoms with Crippen molar-refractivity contribution in [2.45, 2.75) is 32.2 Å². The number of benzene rings is 2. The van der Waals surface area contributed by atoms with Gasteiger partial charge in [-0.15, -0.1) is 0 Å². The Labute approximate surface area is 148 Å². The zero-order chi connectivity index (χ0) is 17.2. The quantitative estimate of drug-likeness (QED) is 0.776. The average molecular weight is 330 g/mol. The molecule has 1 heterocycles. The van der Waals surface area contributed by atoms with Crippen LogP contribution in [0.5, 0.6) is 0 Å². The number of hydrogen-bond acceptors (Lipinski definition) is 2. The first kappa shape index (κ1) is 15.8. The zero-order valence-electron chi connectivity index (χ0n) is 14.4. The largest absolute Gasteiger partial charge is 0.273 e. The van der Waals surface area contributed by atoms with E-state index in [9.17, 15) is 4.79 Å². The van der Waals surface area contributed by atoms with Crippen molar-refractivity contribution >= 4 is 17.7 Å². The van der Waals surface area contributed by atoms with E-state index < -0.39 is 0 Å². The zero-order valence-corrected chi connectivity index (χ0v) is 14.4. The van der Waals surface area contributed by atoms with Gasteiger partial charge in [-0.2, -0.15) is 5.10 Å². The first-order chi connectivity index (χ1) is 12.2. The second kappa shape index (κ2) is 6.67. The van der Waals surface area contributed by atoms with Crippen molar-refractivity contribution in [3.63, 3.8) is 0 Å². The summed E-state index contributed by atoms with van der Waals surface area (Å²) < 4.78 is 0. The van der Waals surface area contributed by atoms with E-state index in [-0.39, 0.29) is 17.9 Å². The molecule has 1 aliphatic heterocycles. The summed E-state index contributed by atoms with van der Waals surface area (Å²) in [5.74, 6) is 0.296. The maximum absolute atomic E-state index is 12.2. The lowest BCUT2D eigenvalue weighted by atomic mass is 9.77. The summed E-state index contributed by atoms with van der Waals surface area (Å²) in [6, 6.07) is 20.7. The summed E-state index contributed by atoms with van der Waals surface area (Å²) in [7, 11) is 0. The third kappa shape index (κ3) is 3.02. The van der Waals surface area contributed by atoms with Crippen molar-refractivity contribution in [3.8, 4) is 0 Å². The van der Waals surface area contributed by atoms with E-state index in [0.717, 1.165) is 25.0 Å². The van der Waals surface area contributed by atoms with Crippen LogP contribution >= 0.6 is 0 Å². The predicted octanol–water partition coefficient (Wildman–Crippen LogP) is 4.83. The molecule has 126 valence electrons. The Morgan fingerprint density at radius 3 is 2.44 bits per heavy atom. The fraction of sp³-hybridized carbons (Fsp3) is 0.273. The summed E-state index contributed by atoms with van der Waals surface area (Å²) in [5.41, 5.74) is 4.73. The van der Waals surface area contributed by atoms with Crippen LogP contribution in [-0.4, -0.2) is 16.6 Å². The van der Waals surface area contributed by atoms with Gasteiger partial charge >= 0.3 is 0 Å². The lowest BCUT2D eigenvalue weighted by molar-refractivity contribution is -0.131. The minimum Gasteiger partial charge on any atom is -0.273 e. The number of rotatable bonds is 2. The van der Waals surface area contributed by atoms with Crippen LogP contribution in [0.25, 0.3) is 6.08 Å². The lowest BCUT2D eigenvalue weighted by Gasteiger charge is -2.29. The summed E-state index contributed by atoms with van der Waals surface area (Å²) in [6.07, 6.45) is 5.47. The highest BCUT2D eigenvalue weighted by Crippen LogP contribution is 2.44. The molecule has 0 aromatic heterocycles. The molecule has 25 heavy (non-hydrogen) atoms. The highest BCUT2D eigenvalue weighted by atomic mass is 16.2. The molecule has 3 heteroatoms. The maximum atomic E-state index is 12.2. The van der Waals surface area contributed by atoms with Crippen LogP contribution in [0.15, 0.2) is 71.3 Å². The van der Waals surface area contributed by atoms with Gasteiger partial charge in [0, 0.05) is 12.8 Å². The predicted molar refractivity (Wildman–Crippen MR) is 101 cm³/mol. The number of hydrazone groups is 1. The molecule has 2 aromatic rings. The van der Waals surface area contributed by atoms with E-state index >= 15 is 0 Å². The SMILES string of the molecule is CC(=O)N1N=C2C(=Cc3ccccc3)CCC[C@H]2[C@@H]1c1ccccc1. The van der Waals surface area contributed by atoms with E-state index in [1.54, 1.807) is 11.9 Å². The molecule has 1 fully saturated rings. The molecule has 2 atom stereocenters.